The molecule has 22 heavy (non-hydrogen) atoms. The molecule has 0 bridgehead atoms. The largest absolute Gasteiger partial charge is 0.387 e. The zero-order chi connectivity index (χ0) is 15.5. The van der Waals surface area contributed by atoms with Gasteiger partial charge in [0.1, 0.15) is 0 Å². The number of aliphatic hydroxyl groups excluding tert-OH is 1. The molecule has 0 saturated carbocycles. The smallest absolute Gasteiger partial charge is 0.0917 e. The standard InChI is InChI=1S/C20H23NO/c1-3-21(4-2)14-20(22)17-11-12-19-16(13-17)10-9-15-7-5-6-8-18(15)19/h5-13,20,22H,3-4,14H2,1-2H3/t20-/m1/s1. The summed E-state index contributed by atoms with van der Waals surface area (Å²) >= 11 is 0. The maximum Gasteiger partial charge on any atom is 0.0917 e. The summed E-state index contributed by atoms with van der Waals surface area (Å²) in [5.74, 6) is 0. The molecule has 0 fully saturated rings. The van der Waals surface area contributed by atoms with Crippen LogP contribution in [0.4, 0.5) is 0 Å². The topological polar surface area (TPSA) is 23.5 Å². The second kappa shape index (κ2) is 6.47. The highest BCUT2D eigenvalue weighted by Gasteiger charge is 2.12. The molecule has 0 amide bonds. The number of likely N-dealkylation sites (N-methyl/N-ethyl adjacent to an activating group) is 1. The van der Waals surface area contributed by atoms with Crippen molar-refractivity contribution in [3.05, 3.63) is 60.2 Å². The predicted octanol–water partition coefficient (Wildman–Crippen LogP) is 4.37. The summed E-state index contributed by atoms with van der Waals surface area (Å²) in [7, 11) is 0. The maximum atomic E-state index is 10.5. The molecular formula is C20H23NO. The van der Waals surface area contributed by atoms with Crippen molar-refractivity contribution in [1.29, 1.82) is 0 Å². The Bertz CT molecular complexity index is 777. The molecule has 2 nitrogen and oxygen atoms in total. The number of hydrogen-bond acceptors (Lipinski definition) is 2. The molecule has 2 heteroatoms. The molecule has 0 radical (unpaired) electrons. The van der Waals surface area contributed by atoms with Gasteiger partial charge in [-0.15, -0.1) is 0 Å². The Morgan fingerprint density at radius 2 is 1.55 bits per heavy atom. The highest BCUT2D eigenvalue weighted by molar-refractivity contribution is 6.07. The molecule has 0 aromatic heterocycles. The Balaban J connectivity index is 1.98. The van der Waals surface area contributed by atoms with Gasteiger partial charge in [-0.2, -0.15) is 0 Å². The van der Waals surface area contributed by atoms with E-state index < -0.39 is 6.10 Å². The molecule has 3 aromatic rings. The van der Waals surface area contributed by atoms with E-state index in [1.807, 2.05) is 0 Å². The van der Waals surface area contributed by atoms with Crippen LogP contribution in [-0.2, 0) is 0 Å². The summed E-state index contributed by atoms with van der Waals surface area (Å²) < 4.78 is 0. The zero-order valence-corrected chi connectivity index (χ0v) is 13.3. The van der Waals surface area contributed by atoms with Gasteiger partial charge in [0, 0.05) is 6.54 Å². The summed E-state index contributed by atoms with van der Waals surface area (Å²) in [5.41, 5.74) is 0.995. The van der Waals surface area contributed by atoms with Gasteiger partial charge >= 0.3 is 0 Å². The number of nitrogens with zero attached hydrogens (tertiary/aromatic N) is 1. The van der Waals surface area contributed by atoms with Gasteiger partial charge in [-0.3, -0.25) is 0 Å². The molecule has 0 saturated heterocycles. The van der Waals surface area contributed by atoms with Crippen LogP contribution in [0.5, 0.6) is 0 Å². The van der Waals surface area contributed by atoms with E-state index >= 15 is 0 Å². The third kappa shape index (κ3) is 2.85. The first-order valence-corrected chi connectivity index (χ1v) is 8.04. The molecule has 1 atom stereocenters. The monoisotopic (exact) mass is 293 g/mol. The van der Waals surface area contributed by atoms with Crippen LogP contribution in [0.3, 0.4) is 0 Å². The molecule has 3 aromatic carbocycles. The SMILES string of the molecule is CCN(CC)C[C@@H](O)c1ccc2c(ccc3ccccc32)c1. The van der Waals surface area contributed by atoms with Crippen molar-refractivity contribution in [2.75, 3.05) is 19.6 Å². The Hall–Kier alpha value is -1.90. The van der Waals surface area contributed by atoms with Crippen LogP contribution < -0.4 is 0 Å². The van der Waals surface area contributed by atoms with Crippen LogP contribution in [0.25, 0.3) is 21.5 Å². The van der Waals surface area contributed by atoms with Gasteiger partial charge < -0.3 is 10.0 Å². The van der Waals surface area contributed by atoms with Crippen LogP contribution in [0.15, 0.2) is 54.6 Å². The van der Waals surface area contributed by atoms with Gasteiger partial charge in [0.05, 0.1) is 6.10 Å². The number of rotatable bonds is 5. The van der Waals surface area contributed by atoms with Crippen molar-refractivity contribution in [3.63, 3.8) is 0 Å². The Morgan fingerprint density at radius 1 is 0.864 bits per heavy atom. The van der Waals surface area contributed by atoms with Crippen molar-refractivity contribution in [1.82, 2.24) is 4.90 Å². The number of benzene rings is 3. The maximum absolute atomic E-state index is 10.5. The predicted molar refractivity (Wildman–Crippen MR) is 94.2 cm³/mol. The van der Waals surface area contributed by atoms with Gasteiger partial charge in [0.2, 0.25) is 0 Å². The van der Waals surface area contributed by atoms with E-state index in [0.29, 0.717) is 6.54 Å². The van der Waals surface area contributed by atoms with Gasteiger partial charge in [-0.25, -0.2) is 0 Å². The second-order valence-electron chi connectivity index (χ2n) is 5.77. The molecule has 0 heterocycles. The van der Waals surface area contributed by atoms with Crippen molar-refractivity contribution < 1.29 is 5.11 Å². The van der Waals surface area contributed by atoms with Crippen molar-refractivity contribution in [2.45, 2.75) is 20.0 Å². The van der Waals surface area contributed by atoms with E-state index in [1.54, 1.807) is 0 Å². The normalized spacial score (nSPS) is 13.1. The minimum atomic E-state index is -0.434. The number of aliphatic hydroxyl groups is 1. The van der Waals surface area contributed by atoms with Crippen LogP contribution >= 0.6 is 0 Å². The van der Waals surface area contributed by atoms with E-state index in [4.69, 9.17) is 0 Å². The first kappa shape index (κ1) is 15.0. The molecule has 0 unspecified atom stereocenters. The lowest BCUT2D eigenvalue weighted by Crippen LogP contribution is -2.28. The van der Waals surface area contributed by atoms with Gasteiger partial charge in [-0.1, -0.05) is 62.4 Å². The molecule has 0 aliphatic carbocycles. The molecule has 3 rings (SSSR count). The summed E-state index contributed by atoms with van der Waals surface area (Å²) in [5, 5.41) is 15.4. The van der Waals surface area contributed by atoms with Crippen molar-refractivity contribution in [3.8, 4) is 0 Å². The summed E-state index contributed by atoms with van der Waals surface area (Å²) in [6.07, 6.45) is -0.434. The van der Waals surface area contributed by atoms with Crippen molar-refractivity contribution in [2.24, 2.45) is 0 Å². The Labute approximate surface area is 132 Å². The average Bonchev–Trinajstić information content (AvgIpc) is 2.58. The second-order valence-corrected chi connectivity index (χ2v) is 5.77. The first-order valence-electron chi connectivity index (χ1n) is 8.04. The first-order chi connectivity index (χ1) is 10.7. The highest BCUT2D eigenvalue weighted by Crippen LogP contribution is 2.28. The van der Waals surface area contributed by atoms with E-state index in [1.165, 1.54) is 21.5 Å². The van der Waals surface area contributed by atoms with Crippen LogP contribution in [0.1, 0.15) is 25.5 Å². The molecule has 0 aliphatic rings. The van der Waals surface area contributed by atoms with E-state index in [9.17, 15) is 5.11 Å². The average molecular weight is 293 g/mol. The fraction of sp³-hybridized carbons (Fsp3) is 0.300. The van der Waals surface area contributed by atoms with E-state index in [-0.39, 0.29) is 0 Å². The highest BCUT2D eigenvalue weighted by atomic mass is 16.3. The van der Waals surface area contributed by atoms with E-state index in [2.05, 4.69) is 73.3 Å². The van der Waals surface area contributed by atoms with Crippen molar-refractivity contribution >= 4 is 21.5 Å². The van der Waals surface area contributed by atoms with E-state index in [0.717, 1.165) is 18.7 Å². The molecule has 114 valence electrons. The fourth-order valence-corrected chi connectivity index (χ4v) is 3.07. The van der Waals surface area contributed by atoms with Crippen LogP contribution in [0, 0.1) is 0 Å². The van der Waals surface area contributed by atoms with Crippen LogP contribution in [-0.4, -0.2) is 29.6 Å². The minimum absolute atomic E-state index is 0.434. The quantitative estimate of drug-likeness (QED) is 0.706. The Kier molecular flexibility index (Phi) is 4.41. The minimum Gasteiger partial charge on any atom is -0.387 e. The lowest BCUT2D eigenvalue weighted by atomic mass is 9.98. The third-order valence-electron chi connectivity index (χ3n) is 4.48. The zero-order valence-electron chi connectivity index (χ0n) is 13.3. The fourth-order valence-electron chi connectivity index (χ4n) is 3.07. The van der Waals surface area contributed by atoms with Gasteiger partial charge in [0.25, 0.3) is 0 Å². The summed E-state index contributed by atoms with van der Waals surface area (Å²) in [6, 6.07) is 19.0. The van der Waals surface area contributed by atoms with Gasteiger partial charge in [0.15, 0.2) is 0 Å². The lowest BCUT2D eigenvalue weighted by Gasteiger charge is -2.22. The molecule has 0 aliphatic heterocycles. The molecule has 0 spiro atoms. The molecular weight excluding hydrogens is 270 g/mol. The summed E-state index contributed by atoms with van der Waals surface area (Å²) in [6.45, 7) is 6.87. The number of fused-ring (bicyclic) bond motifs is 3. The van der Waals surface area contributed by atoms with Gasteiger partial charge in [-0.05, 0) is 46.3 Å². The number of hydrogen-bond donors (Lipinski definition) is 1. The van der Waals surface area contributed by atoms with Crippen LogP contribution in [0.2, 0.25) is 0 Å². The third-order valence-corrected chi connectivity index (χ3v) is 4.48. The lowest BCUT2D eigenvalue weighted by molar-refractivity contribution is 0.119. The molecule has 1 N–H and O–H groups in total. The Morgan fingerprint density at radius 3 is 2.32 bits per heavy atom. The summed E-state index contributed by atoms with van der Waals surface area (Å²) in [4.78, 5) is 2.25.